The first-order valence-corrected chi connectivity index (χ1v) is 8.38. The molecule has 120 valence electrons. The zero-order chi connectivity index (χ0) is 16.6. The van der Waals surface area contributed by atoms with Crippen LogP contribution in [0.2, 0.25) is 0 Å². The lowest BCUT2D eigenvalue weighted by Gasteiger charge is -2.06. The van der Waals surface area contributed by atoms with Crippen molar-refractivity contribution in [1.82, 2.24) is 5.43 Å². The topological polar surface area (TPSA) is 50.7 Å². The maximum atomic E-state index is 11.7. The summed E-state index contributed by atoms with van der Waals surface area (Å²) in [4.78, 5) is 11.7. The third-order valence-corrected chi connectivity index (χ3v) is 3.98. The number of carbonyl (C=O) groups is 1. The van der Waals surface area contributed by atoms with Gasteiger partial charge in [-0.05, 0) is 40.1 Å². The standard InChI is InChI=1S/C19H16N2O2S/c22-19(21-20-12-15-10-11-24-14-15)13-23-18-8-6-17(7-9-18)16-4-2-1-3-5-16/h1-12,14H,13H2,(H,21,22)/b20-12-. The van der Waals surface area contributed by atoms with Crippen LogP contribution in [-0.2, 0) is 4.79 Å². The van der Waals surface area contributed by atoms with Gasteiger partial charge in [-0.1, -0.05) is 42.5 Å². The highest BCUT2D eigenvalue weighted by atomic mass is 32.1. The Morgan fingerprint density at radius 3 is 2.50 bits per heavy atom. The van der Waals surface area contributed by atoms with Gasteiger partial charge in [0.25, 0.3) is 5.91 Å². The molecule has 3 rings (SSSR count). The average molecular weight is 336 g/mol. The van der Waals surface area contributed by atoms with Crippen LogP contribution in [0.1, 0.15) is 5.56 Å². The molecule has 1 heterocycles. The van der Waals surface area contributed by atoms with Crippen LogP contribution in [-0.4, -0.2) is 18.7 Å². The smallest absolute Gasteiger partial charge is 0.277 e. The van der Waals surface area contributed by atoms with Crippen molar-refractivity contribution in [3.05, 3.63) is 77.0 Å². The van der Waals surface area contributed by atoms with Crippen molar-refractivity contribution < 1.29 is 9.53 Å². The number of carbonyl (C=O) groups excluding carboxylic acids is 1. The summed E-state index contributed by atoms with van der Waals surface area (Å²) >= 11 is 1.58. The van der Waals surface area contributed by atoms with Crippen LogP contribution in [0, 0.1) is 0 Å². The molecule has 24 heavy (non-hydrogen) atoms. The second-order valence-corrected chi connectivity index (χ2v) is 5.81. The van der Waals surface area contributed by atoms with E-state index in [2.05, 4.69) is 22.7 Å². The number of benzene rings is 2. The zero-order valence-corrected chi connectivity index (χ0v) is 13.7. The third-order valence-electron chi connectivity index (χ3n) is 3.28. The van der Waals surface area contributed by atoms with E-state index in [1.54, 1.807) is 17.6 Å². The van der Waals surface area contributed by atoms with Gasteiger partial charge >= 0.3 is 0 Å². The molecular weight excluding hydrogens is 320 g/mol. The van der Waals surface area contributed by atoms with E-state index >= 15 is 0 Å². The molecule has 0 aliphatic rings. The summed E-state index contributed by atoms with van der Waals surface area (Å²) in [6, 6.07) is 19.7. The van der Waals surface area contributed by atoms with Crippen LogP contribution in [0.25, 0.3) is 11.1 Å². The molecule has 1 aromatic heterocycles. The summed E-state index contributed by atoms with van der Waals surface area (Å²) < 4.78 is 5.46. The van der Waals surface area contributed by atoms with Gasteiger partial charge in [0.1, 0.15) is 5.75 Å². The summed E-state index contributed by atoms with van der Waals surface area (Å²) in [7, 11) is 0. The molecule has 5 heteroatoms. The summed E-state index contributed by atoms with van der Waals surface area (Å²) in [5.41, 5.74) is 5.64. The van der Waals surface area contributed by atoms with Crippen molar-refractivity contribution in [2.45, 2.75) is 0 Å². The molecule has 0 aliphatic carbocycles. The summed E-state index contributed by atoms with van der Waals surface area (Å²) in [6.45, 7) is -0.0777. The second-order valence-electron chi connectivity index (χ2n) is 5.03. The highest BCUT2D eigenvalue weighted by molar-refractivity contribution is 7.08. The van der Waals surface area contributed by atoms with E-state index < -0.39 is 0 Å². The van der Waals surface area contributed by atoms with E-state index in [0.717, 1.165) is 16.7 Å². The number of ether oxygens (including phenoxy) is 1. The van der Waals surface area contributed by atoms with Gasteiger partial charge in [-0.25, -0.2) is 5.43 Å². The number of hydrazone groups is 1. The zero-order valence-electron chi connectivity index (χ0n) is 12.9. The van der Waals surface area contributed by atoms with Gasteiger partial charge in [-0.2, -0.15) is 16.4 Å². The van der Waals surface area contributed by atoms with E-state index in [1.165, 1.54) is 0 Å². The molecule has 0 unspecified atom stereocenters. The first-order valence-electron chi connectivity index (χ1n) is 7.44. The first-order chi connectivity index (χ1) is 11.8. The predicted octanol–water partition coefficient (Wildman–Crippen LogP) is 3.94. The van der Waals surface area contributed by atoms with Gasteiger partial charge < -0.3 is 4.74 Å². The Morgan fingerprint density at radius 2 is 1.79 bits per heavy atom. The average Bonchev–Trinajstić information content (AvgIpc) is 3.15. The molecule has 1 N–H and O–H groups in total. The summed E-state index contributed by atoms with van der Waals surface area (Å²) in [5, 5.41) is 7.78. The van der Waals surface area contributed by atoms with Gasteiger partial charge in [0.05, 0.1) is 6.21 Å². The number of nitrogens with one attached hydrogen (secondary N) is 1. The molecule has 0 saturated carbocycles. The third kappa shape index (κ3) is 4.54. The van der Waals surface area contributed by atoms with Gasteiger partial charge in [-0.15, -0.1) is 0 Å². The Balaban J connectivity index is 1.48. The fourth-order valence-corrected chi connectivity index (χ4v) is 2.69. The Hall–Kier alpha value is -2.92. The number of hydrogen-bond acceptors (Lipinski definition) is 4. The van der Waals surface area contributed by atoms with Crippen LogP contribution in [0.5, 0.6) is 5.75 Å². The molecule has 2 aromatic carbocycles. The van der Waals surface area contributed by atoms with Crippen molar-refractivity contribution in [2.24, 2.45) is 5.10 Å². The lowest BCUT2D eigenvalue weighted by Crippen LogP contribution is -2.24. The number of rotatable bonds is 6. The quantitative estimate of drug-likeness (QED) is 0.547. The molecule has 3 aromatic rings. The summed E-state index contributed by atoms with van der Waals surface area (Å²) in [5.74, 6) is 0.347. The molecule has 0 fully saturated rings. The minimum Gasteiger partial charge on any atom is -0.484 e. The fourth-order valence-electron chi connectivity index (χ4n) is 2.08. The maximum Gasteiger partial charge on any atom is 0.277 e. The Labute approximate surface area is 144 Å². The Bertz CT molecular complexity index is 797. The number of amides is 1. The molecule has 0 aliphatic heterocycles. The predicted molar refractivity (Wildman–Crippen MR) is 97.4 cm³/mol. The SMILES string of the molecule is O=C(COc1ccc(-c2ccccc2)cc1)N/N=C\c1ccsc1. The molecule has 0 saturated heterocycles. The second kappa shape index (κ2) is 8.08. The van der Waals surface area contributed by atoms with Gasteiger partial charge in [0, 0.05) is 5.56 Å². The lowest BCUT2D eigenvalue weighted by atomic mass is 10.1. The first kappa shape index (κ1) is 16.0. The highest BCUT2D eigenvalue weighted by Gasteiger charge is 2.02. The monoisotopic (exact) mass is 336 g/mol. The molecule has 0 radical (unpaired) electrons. The van der Waals surface area contributed by atoms with Crippen LogP contribution in [0.15, 0.2) is 76.5 Å². The van der Waals surface area contributed by atoms with Crippen LogP contribution in [0.4, 0.5) is 0 Å². The van der Waals surface area contributed by atoms with E-state index in [0.29, 0.717) is 5.75 Å². The van der Waals surface area contributed by atoms with E-state index in [-0.39, 0.29) is 12.5 Å². The van der Waals surface area contributed by atoms with Crippen molar-refractivity contribution >= 4 is 23.5 Å². The van der Waals surface area contributed by atoms with Crippen LogP contribution >= 0.6 is 11.3 Å². The maximum absolute atomic E-state index is 11.7. The van der Waals surface area contributed by atoms with Crippen LogP contribution in [0.3, 0.4) is 0 Å². The number of hydrogen-bond donors (Lipinski definition) is 1. The highest BCUT2D eigenvalue weighted by Crippen LogP contribution is 2.21. The van der Waals surface area contributed by atoms with Crippen molar-refractivity contribution in [3.8, 4) is 16.9 Å². The summed E-state index contributed by atoms with van der Waals surface area (Å²) in [6.07, 6.45) is 1.60. The van der Waals surface area contributed by atoms with Crippen molar-refractivity contribution in [1.29, 1.82) is 0 Å². The van der Waals surface area contributed by atoms with E-state index in [1.807, 2.05) is 59.3 Å². The lowest BCUT2D eigenvalue weighted by molar-refractivity contribution is -0.123. The van der Waals surface area contributed by atoms with Gasteiger partial charge in [0.2, 0.25) is 0 Å². The van der Waals surface area contributed by atoms with E-state index in [4.69, 9.17) is 4.74 Å². The molecule has 0 spiro atoms. The minimum absolute atomic E-state index is 0.0777. The minimum atomic E-state index is -0.298. The number of thiophene rings is 1. The Morgan fingerprint density at radius 1 is 1.04 bits per heavy atom. The normalized spacial score (nSPS) is 10.7. The van der Waals surface area contributed by atoms with Gasteiger partial charge in [-0.3, -0.25) is 4.79 Å². The Kier molecular flexibility index (Phi) is 5.37. The van der Waals surface area contributed by atoms with Crippen LogP contribution < -0.4 is 10.2 Å². The fraction of sp³-hybridized carbons (Fsp3) is 0.0526. The largest absolute Gasteiger partial charge is 0.484 e. The molecule has 4 nitrogen and oxygen atoms in total. The number of nitrogens with zero attached hydrogens (tertiary/aromatic N) is 1. The molecule has 0 atom stereocenters. The van der Waals surface area contributed by atoms with Crippen molar-refractivity contribution in [2.75, 3.05) is 6.61 Å². The molecule has 0 bridgehead atoms. The van der Waals surface area contributed by atoms with Crippen molar-refractivity contribution in [3.63, 3.8) is 0 Å². The van der Waals surface area contributed by atoms with E-state index in [9.17, 15) is 4.79 Å². The van der Waals surface area contributed by atoms with Gasteiger partial charge in [0.15, 0.2) is 6.61 Å². The molecule has 1 amide bonds. The molecular formula is C19H16N2O2S.